The van der Waals surface area contributed by atoms with Crippen LogP contribution in [0.4, 0.5) is 0 Å². The van der Waals surface area contributed by atoms with E-state index >= 15 is 0 Å². The Bertz CT molecular complexity index is 348. The first-order valence-corrected chi connectivity index (χ1v) is 4.45. The molecule has 0 aliphatic carbocycles. The van der Waals surface area contributed by atoms with Crippen LogP contribution >= 0.6 is 0 Å². The van der Waals surface area contributed by atoms with Crippen molar-refractivity contribution in [1.82, 2.24) is 9.97 Å². The molecule has 0 radical (unpaired) electrons. The van der Waals surface area contributed by atoms with E-state index in [4.69, 9.17) is 9.84 Å². The third-order valence-corrected chi connectivity index (χ3v) is 2.13. The molecule has 1 aliphatic rings. The zero-order valence-corrected chi connectivity index (χ0v) is 7.51. The Balaban J connectivity index is 2.25. The first-order valence-electron chi connectivity index (χ1n) is 4.45. The third kappa shape index (κ3) is 1.72. The van der Waals surface area contributed by atoms with E-state index in [1.54, 1.807) is 6.07 Å². The molecule has 2 heterocycles. The van der Waals surface area contributed by atoms with Gasteiger partial charge in [-0.05, 0) is 18.9 Å². The van der Waals surface area contributed by atoms with E-state index in [1.165, 1.54) is 6.20 Å². The molecular weight excluding hydrogens is 184 g/mol. The Kier molecular flexibility index (Phi) is 2.41. The number of nitrogens with zero attached hydrogens (tertiary/aromatic N) is 2. The molecule has 5 nitrogen and oxygen atoms in total. The van der Waals surface area contributed by atoms with Gasteiger partial charge in [-0.25, -0.2) is 14.8 Å². The van der Waals surface area contributed by atoms with Gasteiger partial charge >= 0.3 is 5.97 Å². The largest absolute Gasteiger partial charge is 0.475 e. The van der Waals surface area contributed by atoms with Gasteiger partial charge in [-0.2, -0.15) is 0 Å². The molecular formula is C9H10N2O3. The molecule has 74 valence electrons. The standard InChI is InChI=1S/C9H10N2O3/c12-9(13)8-10-4-3-6(11-8)7-2-1-5-14-7/h3-4,7H,1-2,5H2,(H,12,13). The summed E-state index contributed by atoms with van der Waals surface area (Å²) in [5, 5.41) is 8.69. The van der Waals surface area contributed by atoms with Gasteiger partial charge in [0.1, 0.15) is 0 Å². The van der Waals surface area contributed by atoms with E-state index in [0.717, 1.165) is 19.4 Å². The highest BCUT2D eigenvalue weighted by molar-refractivity contribution is 5.82. The van der Waals surface area contributed by atoms with Gasteiger partial charge in [-0.1, -0.05) is 0 Å². The first-order chi connectivity index (χ1) is 6.77. The van der Waals surface area contributed by atoms with Crippen LogP contribution in [-0.2, 0) is 4.74 Å². The minimum Gasteiger partial charge on any atom is -0.475 e. The zero-order chi connectivity index (χ0) is 9.97. The summed E-state index contributed by atoms with van der Waals surface area (Å²) in [6.45, 7) is 0.719. The second-order valence-electron chi connectivity index (χ2n) is 3.11. The van der Waals surface area contributed by atoms with Crippen molar-refractivity contribution < 1.29 is 14.6 Å². The van der Waals surface area contributed by atoms with Crippen LogP contribution in [0.5, 0.6) is 0 Å². The van der Waals surface area contributed by atoms with Gasteiger partial charge in [-0.15, -0.1) is 0 Å². The van der Waals surface area contributed by atoms with Gasteiger partial charge in [-0.3, -0.25) is 0 Å². The van der Waals surface area contributed by atoms with Crippen LogP contribution in [0.1, 0.15) is 35.3 Å². The molecule has 2 rings (SSSR count). The molecule has 1 N–H and O–H groups in total. The number of carboxylic acid groups (broad SMARTS) is 1. The number of aromatic carboxylic acids is 1. The van der Waals surface area contributed by atoms with Crippen LogP contribution in [-0.4, -0.2) is 27.7 Å². The van der Waals surface area contributed by atoms with Crippen LogP contribution in [0, 0.1) is 0 Å². The number of ether oxygens (including phenoxy) is 1. The van der Waals surface area contributed by atoms with E-state index in [2.05, 4.69) is 9.97 Å². The topological polar surface area (TPSA) is 72.3 Å². The van der Waals surface area contributed by atoms with Crippen molar-refractivity contribution in [1.29, 1.82) is 0 Å². The van der Waals surface area contributed by atoms with Crippen molar-refractivity contribution in [2.24, 2.45) is 0 Å². The van der Waals surface area contributed by atoms with E-state index in [9.17, 15) is 4.79 Å². The summed E-state index contributed by atoms with van der Waals surface area (Å²) < 4.78 is 5.39. The van der Waals surface area contributed by atoms with E-state index < -0.39 is 5.97 Å². The predicted octanol–water partition coefficient (Wildman–Crippen LogP) is 1.03. The molecule has 0 aromatic carbocycles. The lowest BCUT2D eigenvalue weighted by Gasteiger charge is -2.07. The minimum atomic E-state index is -1.11. The molecule has 1 unspecified atom stereocenters. The molecule has 0 saturated carbocycles. The molecule has 14 heavy (non-hydrogen) atoms. The van der Waals surface area contributed by atoms with Crippen molar-refractivity contribution >= 4 is 5.97 Å². The summed E-state index contributed by atoms with van der Waals surface area (Å²) in [7, 11) is 0. The van der Waals surface area contributed by atoms with Crippen molar-refractivity contribution in [3.8, 4) is 0 Å². The number of hydrogen-bond acceptors (Lipinski definition) is 4. The summed E-state index contributed by atoms with van der Waals surface area (Å²) in [5.41, 5.74) is 0.662. The average molecular weight is 194 g/mol. The fraction of sp³-hybridized carbons (Fsp3) is 0.444. The number of rotatable bonds is 2. The molecule has 0 amide bonds. The summed E-state index contributed by atoms with van der Waals surface area (Å²) in [6.07, 6.45) is 3.29. The van der Waals surface area contributed by atoms with Crippen LogP contribution in [0.15, 0.2) is 12.3 Å². The maximum atomic E-state index is 10.6. The highest BCUT2D eigenvalue weighted by Gasteiger charge is 2.20. The molecule has 1 fully saturated rings. The SMILES string of the molecule is O=C(O)c1nccc(C2CCCO2)n1. The van der Waals surface area contributed by atoms with Gasteiger partial charge in [0, 0.05) is 12.8 Å². The van der Waals surface area contributed by atoms with Crippen LogP contribution in [0.2, 0.25) is 0 Å². The zero-order valence-electron chi connectivity index (χ0n) is 7.51. The van der Waals surface area contributed by atoms with Gasteiger partial charge in [0.2, 0.25) is 5.82 Å². The predicted molar refractivity (Wildman–Crippen MR) is 46.9 cm³/mol. The van der Waals surface area contributed by atoms with E-state index in [0.29, 0.717) is 5.69 Å². The molecule has 5 heteroatoms. The second kappa shape index (κ2) is 3.71. The van der Waals surface area contributed by atoms with Gasteiger partial charge in [0.25, 0.3) is 0 Å². The highest BCUT2D eigenvalue weighted by atomic mass is 16.5. The lowest BCUT2D eigenvalue weighted by atomic mass is 10.2. The number of hydrogen-bond donors (Lipinski definition) is 1. The van der Waals surface area contributed by atoms with Crippen LogP contribution in [0.25, 0.3) is 0 Å². The molecule has 1 aliphatic heterocycles. The quantitative estimate of drug-likeness (QED) is 0.761. The Morgan fingerprint density at radius 3 is 3.14 bits per heavy atom. The van der Waals surface area contributed by atoms with Crippen molar-refractivity contribution in [3.63, 3.8) is 0 Å². The number of aromatic nitrogens is 2. The fourth-order valence-corrected chi connectivity index (χ4v) is 1.47. The molecule has 0 bridgehead atoms. The maximum absolute atomic E-state index is 10.6. The van der Waals surface area contributed by atoms with E-state index in [-0.39, 0.29) is 11.9 Å². The molecule has 1 aromatic rings. The molecule has 1 atom stereocenters. The van der Waals surface area contributed by atoms with Crippen LogP contribution in [0.3, 0.4) is 0 Å². The van der Waals surface area contributed by atoms with Crippen molar-refractivity contribution in [3.05, 3.63) is 23.8 Å². The lowest BCUT2D eigenvalue weighted by Crippen LogP contribution is -2.08. The van der Waals surface area contributed by atoms with Gasteiger partial charge in [0.15, 0.2) is 0 Å². The minimum absolute atomic E-state index is 0.0592. The highest BCUT2D eigenvalue weighted by Crippen LogP contribution is 2.26. The number of carbonyl (C=O) groups is 1. The normalized spacial score (nSPS) is 21.0. The number of carboxylic acids is 1. The summed E-state index contributed by atoms with van der Waals surface area (Å²) in [6, 6.07) is 1.70. The summed E-state index contributed by atoms with van der Waals surface area (Å²) >= 11 is 0. The second-order valence-corrected chi connectivity index (χ2v) is 3.11. The first kappa shape index (κ1) is 9.08. The van der Waals surface area contributed by atoms with E-state index in [1.807, 2.05) is 0 Å². The van der Waals surface area contributed by atoms with Crippen LogP contribution < -0.4 is 0 Å². The van der Waals surface area contributed by atoms with Gasteiger partial charge < -0.3 is 9.84 Å². The monoisotopic (exact) mass is 194 g/mol. The fourth-order valence-electron chi connectivity index (χ4n) is 1.47. The molecule has 0 spiro atoms. The Hall–Kier alpha value is -1.49. The van der Waals surface area contributed by atoms with Gasteiger partial charge in [0.05, 0.1) is 11.8 Å². The molecule has 1 saturated heterocycles. The third-order valence-electron chi connectivity index (χ3n) is 2.13. The smallest absolute Gasteiger partial charge is 0.373 e. The Labute approximate surface area is 80.8 Å². The molecule has 1 aromatic heterocycles. The Morgan fingerprint density at radius 1 is 1.64 bits per heavy atom. The lowest BCUT2D eigenvalue weighted by molar-refractivity contribution is 0.0680. The van der Waals surface area contributed by atoms with Crippen molar-refractivity contribution in [2.75, 3.05) is 6.61 Å². The summed E-state index contributed by atoms with van der Waals surface area (Å²) in [5.74, 6) is -1.28. The Morgan fingerprint density at radius 2 is 2.50 bits per heavy atom. The van der Waals surface area contributed by atoms with Crippen molar-refractivity contribution in [2.45, 2.75) is 18.9 Å². The maximum Gasteiger partial charge on any atom is 0.373 e. The summed E-state index contributed by atoms with van der Waals surface area (Å²) in [4.78, 5) is 18.2. The average Bonchev–Trinajstić information content (AvgIpc) is 2.71.